The number of pyridine rings is 1. The third-order valence-corrected chi connectivity index (χ3v) is 4.13. The van der Waals surface area contributed by atoms with E-state index in [1.54, 1.807) is 24.5 Å². The highest BCUT2D eigenvalue weighted by atomic mass is 19.1. The second-order valence-corrected chi connectivity index (χ2v) is 6.08. The minimum Gasteiger partial charge on any atom is -0.345 e. The molecule has 0 aliphatic carbocycles. The summed E-state index contributed by atoms with van der Waals surface area (Å²) in [5.74, 6) is -0.0582. The molecule has 4 aromatic rings. The highest BCUT2D eigenvalue weighted by Crippen LogP contribution is 2.23. The average Bonchev–Trinajstić information content (AvgIpc) is 3.08. The van der Waals surface area contributed by atoms with Crippen molar-refractivity contribution in [2.24, 2.45) is 0 Å². The molecular formula is C20H16FN5O. The van der Waals surface area contributed by atoms with Crippen molar-refractivity contribution in [3.8, 4) is 11.4 Å². The molecule has 0 unspecified atom stereocenters. The van der Waals surface area contributed by atoms with Crippen molar-refractivity contribution < 1.29 is 9.18 Å². The van der Waals surface area contributed by atoms with Crippen molar-refractivity contribution in [3.05, 3.63) is 84.0 Å². The number of amides is 1. The van der Waals surface area contributed by atoms with Crippen molar-refractivity contribution in [1.29, 1.82) is 0 Å². The minimum atomic E-state index is -0.322. The molecule has 4 rings (SSSR count). The van der Waals surface area contributed by atoms with Crippen molar-refractivity contribution in [1.82, 2.24) is 24.7 Å². The largest absolute Gasteiger partial charge is 0.345 e. The van der Waals surface area contributed by atoms with Gasteiger partial charge in [-0.3, -0.25) is 19.2 Å². The van der Waals surface area contributed by atoms with E-state index < -0.39 is 0 Å². The zero-order valence-electron chi connectivity index (χ0n) is 14.6. The Bertz CT molecular complexity index is 1100. The maximum atomic E-state index is 13.2. The molecule has 1 amide bonds. The molecule has 3 heterocycles. The number of aryl methyl sites for hydroxylation is 1. The molecule has 0 saturated carbocycles. The van der Waals surface area contributed by atoms with Crippen LogP contribution >= 0.6 is 0 Å². The van der Waals surface area contributed by atoms with E-state index in [0.717, 1.165) is 11.3 Å². The quantitative estimate of drug-likeness (QED) is 0.606. The first-order valence-corrected chi connectivity index (χ1v) is 8.40. The van der Waals surface area contributed by atoms with Gasteiger partial charge in [-0.1, -0.05) is 6.07 Å². The van der Waals surface area contributed by atoms with Gasteiger partial charge in [0.2, 0.25) is 0 Å². The second-order valence-electron chi connectivity index (χ2n) is 6.08. The van der Waals surface area contributed by atoms with E-state index in [-0.39, 0.29) is 18.3 Å². The predicted molar refractivity (Wildman–Crippen MR) is 98.5 cm³/mol. The summed E-state index contributed by atoms with van der Waals surface area (Å²) in [6.07, 6.45) is 5.11. The molecule has 0 aliphatic heterocycles. The van der Waals surface area contributed by atoms with E-state index in [9.17, 15) is 9.18 Å². The van der Waals surface area contributed by atoms with Crippen LogP contribution in [0.1, 0.15) is 21.9 Å². The first-order chi connectivity index (χ1) is 13.1. The summed E-state index contributed by atoms with van der Waals surface area (Å²) in [5.41, 5.74) is 3.17. The van der Waals surface area contributed by atoms with Crippen LogP contribution in [0.2, 0.25) is 0 Å². The van der Waals surface area contributed by atoms with Crippen LogP contribution in [0.25, 0.3) is 16.9 Å². The molecule has 3 aromatic heterocycles. The Morgan fingerprint density at radius 2 is 1.93 bits per heavy atom. The molecule has 7 heteroatoms. The van der Waals surface area contributed by atoms with Gasteiger partial charge in [0.25, 0.3) is 5.91 Å². The average molecular weight is 361 g/mol. The number of aromatic nitrogens is 4. The van der Waals surface area contributed by atoms with Gasteiger partial charge in [-0.05, 0) is 43.3 Å². The number of fused-ring (bicyclic) bond motifs is 1. The van der Waals surface area contributed by atoms with Crippen LogP contribution in [0, 0.1) is 12.7 Å². The lowest BCUT2D eigenvalue weighted by Gasteiger charge is -2.03. The van der Waals surface area contributed by atoms with Gasteiger partial charge in [0, 0.05) is 18.0 Å². The standard InChI is InChI=1S/C20H16FN5O/c1-13-10-23-16(11-22-13)12-24-20(27)18-17-4-2-3-9-26(17)19(25-18)14-5-7-15(21)8-6-14/h2-11H,12H2,1H3,(H,24,27). The van der Waals surface area contributed by atoms with Crippen molar-refractivity contribution in [2.45, 2.75) is 13.5 Å². The van der Waals surface area contributed by atoms with Crippen molar-refractivity contribution in [3.63, 3.8) is 0 Å². The smallest absolute Gasteiger partial charge is 0.272 e. The molecule has 0 radical (unpaired) electrons. The number of benzene rings is 1. The Morgan fingerprint density at radius 1 is 1.11 bits per heavy atom. The molecular weight excluding hydrogens is 345 g/mol. The highest BCUT2D eigenvalue weighted by molar-refractivity contribution is 6.00. The SMILES string of the molecule is Cc1cnc(CNC(=O)c2nc(-c3ccc(F)cc3)n3ccccc23)cn1. The van der Waals surface area contributed by atoms with Crippen LogP contribution in [-0.4, -0.2) is 25.3 Å². The van der Waals surface area contributed by atoms with Crippen molar-refractivity contribution in [2.75, 3.05) is 0 Å². The van der Waals surface area contributed by atoms with E-state index in [0.29, 0.717) is 22.7 Å². The zero-order valence-corrected chi connectivity index (χ0v) is 14.6. The number of imidazole rings is 1. The molecule has 0 atom stereocenters. The van der Waals surface area contributed by atoms with Gasteiger partial charge in [-0.15, -0.1) is 0 Å². The summed E-state index contributed by atoms with van der Waals surface area (Å²) in [5, 5.41) is 2.82. The number of nitrogens with one attached hydrogen (secondary N) is 1. The monoisotopic (exact) mass is 361 g/mol. The Labute approximate surface area is 154 Å². The Balaban J connectivity index is 1.66. The number of nitrogens with zero attached hydrogens (tertiary/aromatic N) is 4. The molecule has 0 fully saturated rings. The van der Waals surface area contributed by atoms with Crippen LogP contribution in [0.3, 0.4) is 0 Å². The summed E-state index contributed by atoms with van der Waals surface area (Å²) in [7, 11) is 0. The number of hydrogen-bond donors (Lipinski definition) is 1. The topological polar surface area (TPSA) is 72.2 Å². The van der Waals surface area contributed by atoms with Crippen LogP contribution < -0.4 is 5.32 Å². The summed E-state index contributed by atoms with van der Waals surface area (Å²) >= 11 is 0. The Hall–Kier alpha value is -3.61. The summed E-state index contributed by atoms with van der Waals surface area (Å²) < 4.78 is 15.0. The number of rotatable bonds is 4. The summed E-state index contributed by atoms with van der Waals surface area (Å²) in [4.78, 5) is 25.6. The fourth-order valence-electron chi connectivity index (χ4n) is 2.77. The van der Waals surface area contributed by atoms with E-state index >= 15 is 0 Å². The van der Waals surface area contributed by atoms with Crippen LogP contribution in [0.4, 0.5) is 4.39 Å². The van der Waals surface area contributed by atoms with Gasteiger partial charge in [-0.25, -0.2) is 9.37 Å². The molecule has 1 aromatic carbocycles. The summed E-state index contributed by atoms with van der Waals surface area (Å²) in [6, 6.07) is 11.5. The predicted octanol–water partition coefficient (Wildman–Crippen LogP) is 3.17. The number of carbonyl (C=O) groups excluding carboxylic acids is 1. The van der Waals surface area contributed by atoms with Crippen LogP contribution in [0.5, 0.6) is 0 Å². The fourth-order valence-corrected chi connectivity index (χ4v) is 2.77. The molecule has 1 N–H and O–H groups in total. The highest BCUT2D eigenvalue weighted by Gasteiger charge is 2.18. The van der Waals surface area contributed by atoms with Gasteiger partial charge >= 0.3 is 0 Å². The molecule has 0 bridgehead atoms. The first-order valence-electron chi connectivity index (χ1n) is 8.40. The second kappa shape index (κ2) is 6.95. The van der Waals surface area contributed by atoms with Gasteiger partial charge in [0.15, 0.2) is 5.69 Å². The lowest BCUT2D eigenvalue weighted by Crippen LogP contribution is -2.24. The third kappa shape index (κ3) is 3.39. The van der Waals surface area contributed by atoms with Gasteiger partial charge in [0.1, 0.15) is 11.6 Å². The van der Waals surface area contributed by atoms with Crippen LogP contribution in [-0.2, 0) is 6.54 Å². The Morgan fingerprint density at radius 3 is 2.67 bits per heavy atom. The lowest BCUT2D eigenvalue weighted by atomic mass is 10.2. The molecule has 0 spiro atoms. The molecule has 0 aliphatic rings. The molecule has 6 nitrogen and oxygen atoms in total. The normalized spacial score (nSPS) is 10.9. The molecule has 134 valence electrons. The van der Waals surface area contributed by atoms with E-state index in [2.05, 4.69) is 20.3 Å². The number of halogens is 1. The van der Waals surface area contributed by atoms with Gasteiger partial charge in [0.05, 0.1) is 29.6 Å². The summed E-state index contributed by atoms with van der Waals surface area (Å²) in [6.45, 7) is 2.10. The maximum Gasteiger partial charge on any atom is 0.272 e. The van der Waals surface area contributed by atoms with Crippen molar-refractivity contribution >= 4 is 11.4 Å². The van der Waals surface area contributed by atoms with Gasteiger partial charge < -0.3 is 5.32 Å². The molecule has 0 saturated heterocycles. The first kappa shape index (κ1) is 16.8. The lowest BCUT2D eigenvalue weighted by molar-refractivity contribution is 0.0947. The number of hydrogen-bond acceptors (Lipinski definition) is 4. The van der Waals surface area contributed by atoms with E-state index in [1.165, 1.54) is 12.1 Å². The minimum absolute atomic E-state index is 0.254. The zero-order chi connectivity index (χ0) is 18.8. The fraction of sp³-hybridized carbons (Fsp3) is 0.100. The number of carbonyl (C=O) groups is 1. The van der Waals surface area contributed by atoms with Gasteiger partial charge in [-0.2, -0.15) is 0 Å². The Kier molecular flexibility index (Phi) is 4.33. The van der Waals surface area contributed by atoms with Crippen LogP contribution in [0.15, 0.2) is 61.1 Å². The van der Waals surface area contributed by atoms with E-state index in [1.807, 2.05) is 35.7 Å². The molecule has 27 heavy (non-hydrogen) atoms. The maximum absolute atomic E-state index is 13.2. The third-order valence-electron chi connectivity index (χ3n) is 4.13. The van der Waals surface area contributed by atoms with E-state index in [4.69, 9.17) is 0 Å².